The number of amides is 1. The molecule has 1 aliphatic heterocycles. The van der Waals surface area contributed by atoms with Crippen LogP contribution in [0.25, 0.3) is 9.88 Å². The van der Waals surface area contributed by atoms with Gasteiger partial charge in [-0.1, -0.05) is 17.7 Å². The summed E-state index contributed by atoms with van der Waals surface area (Å²) in [4.78, 5) is 20.3. The van der Waals surface area contributed by atoms with Gasteiger partial charge in [-0.3, -0.25) is 4.79 Å². The molecule has 3 aromatic rings. The van der Waals surface area contributed by atoms with Crippen LogP contribution >= 0.6 is 34.3 Å². The zero-order valence-electron chi connectivity index (χ0n) is 15.0. The Balaban J connectivity index is 1.53. The Hall–Kier alpha value is -2.13. The summed E-state index contributed by atoms with van der Waals surface area (Å²) in [7, 11) is 1.62. The molecule has 0 saturated carbocycles. The highest BCUT2D eigenvalue weighted by Crippen LogP contribution is 2.34. The summed E-state index contributed by atoms with van der Waals surface area (Å²) < 4.78 is 16.7. The molecule has 0 N–H and O–H groups in total. The molecule has 0 bridgehead atoms. The van der Waals surface area contributed by atoms with E-state index in [9.17, 15) is 4.79 Å². The molecule has 0 saturated heterocycles. The molecule has 1 aromatic carbocycles. The van der Waals surface area contributed by atoms with Gasteiger partial charge in [-0.25, -0.2) is 4.98 Å². The van der Waals surface area contributed by atoms with Gasteiger partial charge in [0.2, 0.25) is 6.79 Å². The molecule has 4 rings (SSSR count). The van der Waals surface area contributed by atoms with Gasteiger partial charge >= 0.3 is 0 Å². The molecule has 28 heavy (non-hydrogen) atoms. The first-order valence-corrected chi connectivity index (χ1v) is 10.6. The lowest BCUT2D eigenvalue weighted by molar-refractivity contribution is 0.0675. The highest BCUT2D eigenvalue weighted by Gasteiger charge is 2.21. The van der Waals surface area contributed by atoms with Crippen molar-refractivity contribution in [2.75, 3.05) is 27.1 Å². The summed E-state index contributed by atoms with van der Waals surface area (Å²) in [6.07, 6.45) is 0. The van der Waals surface area contributed by atoms with E-state index in [1.807, 2.05) is 30.3 Å². The minimum absolute atomic E-state index is 0.139. The van der Waals surface area contributed by atoms with Crippen LogP contribution in [0.5, 0.6) is 11.5 Å². The molecule has 146 valence electrons. The minimum atomic E-state index is -0.139. The fraction of sp³-hybridized carbons (Fsp3) is 0.263. The van der Waals surface area contributed by atoms with Crippen LogP contribution in [0.4, 0.5) is 0 Å². The van der Waals surface area contributed by atoms with Gasteiger partial charge in [0.15, 0.2) is 11.5 Å². The van der Waals surface area contributed by atoms with Crippen molar-refractivity contribution in [2.45, 2.75) is 6.54 Å². The number of thiophene rings is 1. The average Bonchev–Trinajstić information content (AvgIpc) is 3.44. The maximum absolute atomic E-state index is 13.1. The molecule has 0 atom stereocenters. The Morgan fingerprint density at radius 1 is 1.29 bits per heavy atom. The Morgan fingerprint density at radius 3 is 2.93 bits per heavy atom. The van der Waals surface area contributed by atoms with Gasteiger partial charge in [-0.15, -0.1) is 22.7 Å². The van der Waals surface area contributed by atoms with Crippen LogP contribution < -0.4 is 9.47 Å². The van der Waals surface area contributed by atoms with Crippen molar-refractivity contribution in [3.63, 3.8) is 0 Å². The normalized spacial score (nSPS) is 12.4. The molecule has 2 aromatic heterocycles. The number of nitrogens with zero attached hydrogens (tertiary/aromatic N) is 2. The second-order valence-corrected chi connectivity index (χ2v) is 8.62. The number of rotatable bonds is 7. The number of halogens is 1. The molecule has 0 unspecified atom stereocenters. The molecule has 0 fully saturated rings. The molecule has 1 amide bonds. The van der Waals surface area contributed by atoms with Crippen molar-refractivity contribution in [1.82, 2.24) is 9.88 Å². The van der Waals surface area contributed by atoms with Crippen LogP contribution in [0.1, 0.15) is 16.1 Å². The van der Waals surface area contributed by atoms with Gasteiger partial charge in [0.05, 0.1) is 15.8 Å². The Bertz CT molecular complexity index is 988. The topological polar surface area (TPSA) is 60.9 Å². The molecular weight excluding hydrogens is 420 g/mol. The van der Waals surface area contributed by atoms with Gasteiger partial charge in [0.25, 0.3) is 5.91 Å². The van der Waals surface area contributed by atoms with Gasteiger partial charge in [0.1, 0.15) is 10.7 Å². The summed E-state index contributed by atoms with van der Waals surface area (Å²) >= 11 is 8.88. The SMILES string of the molecule is COCCN(Cc1ccc2c(c1)OCO2)C(=O)c1csc(-c2ccc(Cl)s2)n1. The van der Waals surface area contributed by atoms with E-state index in [0.717, 1.165) is 21.2 Å². The summed E-state index contributed by atoms with van der Waals surface area (Å²) in [6, 6.07) is 9.43. The zero-order chi connectivity index (χ0) is 19.5. The number of hydrogen-bond acceptors (Lipinski definition) is 7. The first kappa shape index (κ1) is 19.2. The predicted octanol–water partition coefficient (Wildman–Crippen LogP) is 4.54. The average molecular weight is 437 g/mol. The van der Waals surface area contributed by atoms with E-state index in [2.05, 4.69) is 4.98 Å². The minimum Gasteiger partial charge on any atom is -0.454 e. The number of fused-ring (bicyclic) bond motifs is 1. The van der Waals surface area contributed by atoms with Gasteiger partial charge in [0, 0.05) is 25.6 Å². The first-order chi connectivity index (χ1) is 13.6. The Morgan fingerprint density at radius 2 is 2.14 bits per heavy atom. The number of ether oxygens (including phenoxy) is 3. The number of carbonyl (C=O) groups is 1. The number of benzene rings is 1. The molecule has 0 aliphatic carbocycles. The zero-order valence-corrected chi connectivity index (χ0v) is 17.4. The smallest absolute Gasteiger partial charge is 0.273 e. The van der Waals surface area contributed by atoms with Crippen molar-refractivity contribution in [3.8, 4) is 21.4 Å². The van der Waals surface area contributed by atoms with E-state index in [0.29, 0.717) is 35.5 Å². The van der Waals surface area contributed by atoms with Crippen LogP contribution in [0.15, 0.2) is 35.7 Å². The molecule has 0 spiro atoms. The van der Waals surface area contributed by atoms with Crippen LogP contribution in [-0.4, -0.2) is 42.8 Å². The summed E-state index contributed by atoms with van der Waals surface area (Å²) in [5, 5.41) is 2.57. The van der Waals surface area contributed by atoms with Gasteiger partial charge in [-0.05, 0) is 29.8 Å². The fourth-order valence-corrected chi connectivity index (χ4v) is 4.70. The van der Waals surface area contributed by atoms with Crippen molar-refractivity contribution in [3.05, 3.63) is 51.3 Å². The third kappa shape index (κ3) is 4.15. The standard InChI is InChI=1S/C19H17ClN2O4S2/c1-24-7-6-22(9-12-2-3-14-15(8-12)26-11-25-14)19(23)13-10-27-18(21-13)16-4-5-17(20)28-16/h2-5,8,10H,6-7,9,11H2,1H3. The van der Waals surface area contributed by atoms with Crippen molar-refractivity contribution >= 4 is 40.2 Å². The van der Waals surface area contributed by atoms with Crippen molar-refractivity contribution < 1.29 is 19.0 Å². The monoisotopic (exact) mass is 436 g/mol. The van der Waals surface area contributed by atoms with E-state index in [1.165, 1.54) is 22.7 Å². The predicted molar refractivity (Wildman–Crippen MR) is 110 cm³/mol. The number of carbonyl (C=O) groups excluding carboxylic acids is 1. The molecule has 0 radical (unpaired) electrons. The summed E-state index contributed by atoms with van der Waals surface area (Å²) in [5.74, 6) is 1.28. The molecule has 3 heterocycles. The van der Waals surface area contributed by atoms with E-state index in [-0.39, 0.29) is 12.7 Å². The number of hydrogen-bond donors (Lipinski definition) is 0. The van der Waals surface area contributed by atoms with Crippen molar-refractivity contribution in [1.29, 1.82) is 0 Å². The molecule has 1 aliphatic rings. The Kier molecular flexibility index (Phi) is 5.82. The van der Waals surface area contributed by atoms with E-state index >= 15 is 0 Å². The lowest BCUT2D eigenvalue weighted by Gasteiger charge is -2.21. The number of thiazole rings is 1. The van der Waals surface area contributed by atoms with Crippen LogP contribution in [-0.2, 0) is 11.3 Å². The largest absolute Gasteiger partial charge is 0.454 e. The molecule has 9 heteroatoms. The van der Waals surface area contributed by atoms with Gasteiger partial charge in [-0.2, -0.15) is 0 Å². The van der Waals surface area contributed by atoms with Crippen LogP contribution in [0, 0.1) is 0 Å². The number of aromatic nitrogens is 1. The fourth-order valence-electron chi connectivity index (χ4n) is 2.79. The lowest BCUT2D eigenvalue weighted by atomic mass is 10.2. The van der Waals surface area contributed by atoms with Crippen molar-refractivity contribution in [2.24, 2.45) is 0 Å². The molecule has 6 nitrogen and oxygen atoms in total. The first-order valence-electron chi connectivity index (χ1n) is 8.52. The molecular formula is C19H17ClN2O4S2. The lowest BCUT2D eigenvalue weighted by Crippen LogP contribution is -2.33. The van der Waals surface area contributed by atoms with E-state index < -0.39 is 0 Å². The highest BCUT2D eigenvalue weighted by molar-refractivity contribution is 7.23. The highest BCUT2D eigenvalue weighted by atomic mass is 35.5. The Labute approximate surface area is 175 Å². The van der Waals surface area contributed by atoms with Crippen LogP contribution in [0.2, 0.25) is 4.34 Å². The second kappa shape index (κ2) is 8.48. The summed E-state index contributed by atoms with van der Waals surface area (Å²) in [6.45, 7) is 1.55. The third-order valence-corrected chi connectivity index (χ3v) is 6.41. The number of methoxy groups -OCH3 is 1. The maximum atomic E-state index is 13.1. The second-order valence-electron chi connectivity index (χ2n) is 6.05. The quantitative estimate of drug-likeness (QED) is 0.544. The van der Waals surface area contributed by atoms with Gasteiger partial charge < -0.3 is 19.1 Å². The van der Waals surface area contributed by atoms with E-state index in [4.69, 9.17) is 25.8 Å². The van der Waals surface area contributed by atoms with Crippen LogP contribution in [0.3, 0.4) is 0 Å². The summed E-state index contributed by atoms with van der Waals surface area (Å²) in [5.41, 5.74) is 1.37. The van der Waals surface area contributed by atoms with E-state index in [1.54, 1.807) is 17.4 Å². The third-order valence-electron chi connectivity index (χ3n) is 4.17. The maximum Gasteiger partial charge on any atom is 0.273 e.